The fraction of sp³-hybridized carbons (Fsp3) is 0.214. The zero-order valence-corrected chi connectivity index (χ0v) is 19.5. The molecular formula is C28H26N2O5. The van der Waals surface area contributed by atoms with E-state index in [0.717, 1.165) is 10.9 Å². The number of ether oxygens (including phenoxy) is 3. The second-order valence-corrected chi connectivity index (χ2v) is 8.40. The van der Waals surface area contributed by atoms with Gasteiger partial charge in [0.2, 0.25) is 0 Å². The van der Waals surface area contributed by atoms with E-state index in [-0.39, 0.29) is 18.0 Å². The zero-order chi connectivity index (χ0) is 24.2. The summed E-state index contributed by atoms with van der Waals surface area (Å²) in [5.41, 5.74) is 2.55. The predicted octanol–water partition coefficient (Wildman–Crippen LogP) is 4.19. The first-order chi connectivity index (χ1) is 17.1. The quantitative estimate of drug-likeness (QED) is 0.438. The fourth-order valence-electron chi connectivity index (χ4n) is 4.21. The molecule has 4 aromatic rings. The van der Waals surface area contributed by atoms with Crippen LogP contribution in [-0.4, -0.2) is 42.7 Å². The Morgan fingerprint density at radius 1 is 0.971 bits per heavy atom. The Bertz CT molecular complexity index is 1410. The first-order valence-electron chi connectivity index (χ1n) is 11.5. The summed E-state index contributed by atoms with van der Waals surface area (Å²) < 4.78 is 16.6. The van der Waals surface area contributed by atoms with Crippen LogP contribution in [0, 0.1) is 0 Å². The van der Waals surface area contributed by atoms with E-state index < -0.39 is 0 Å². The molecule has 2 heterocycles. The molecule has 178 valence electrons. The van der Waals surface area contributed by atoms with Gasteiger partial charge < -0.3 is 24.1 Å². The van der Waals surface area contributed by atoms with Crippen LogP contribution in [0.2, 0.25) is 0 Å². The number of benzene rings is 3. The van der Waals surface area contributed by atoms with E-state index in [1.807, 2.05) is 42.5 Å². The third-order valence-electron chi connectivity index (χ3n) is 6.06. The smallest absolute Gasteiger partial charge is 0.254 e. The molecule has 3 aromatic carbocycles. The minimum atomic E-state index is -0.239. The van der Waals surface area contributed by atoms with Crippen LogP contribution in [0.4, 0.5) is 0 Å². The number of hydrogen-bond acceptors (Lipinski definition) is 5. The second kappa shape index (κ2) is 9.93. The monoisotopic (exact) mass is 470 g/mol. The first-order valence-corrected chi connectivity index (χ1v) is 11.5. The number of methoxy groups -OCH3 is 1. The fourth-order valence-corrected chi connectivity index (χ4v) is 4.21. The first kappa shape index (κ1) is 22.5. The lowest BCUT2D eigenvalue weighted by molar-refractivity contribution is 0.0744. The van der Waals surface area contributed by atoms with Gasteiger partial charge in [-0.25, -0.2) is 0 Å². The van der Waals surface area contributed by atoms with Gasteiger partial charge in [-0.05, 0) is 42.3 Å². The molecule has 1 aromatic heterocycles. The maximum atomic E-state index is 13.5. The molecule has 1 aliphatic rings. The summed E-state index contributed by atoms with van der Waals surface area (Å²) in [6.07, 6.45) is 0.667. The summed E-state index contributed by atoms with van der Waals surface area (Å²) in [5.74, 6) is 1.70. The van der Waals surface area contributed by atoms with Crippen LogP contribution in [0.25, 0.3) is 10.9 Å². The van der Waals surface area contributed by atoms with Crippen LogP contribution in [0.15, 0.2) is 77.6 Å². The molecule has 0 fully saturated rings. The van der Waals surface area contributed by atoms with Gasteiger partial charge in [0.1, 0.15) is 19.0 Å². The van der Waals surface area contributed by atoms with E-state index in [4.69, 9.17) is 14.2 Å². The molecule has 0 bridgehead atoms. The highest BCUT2D eigenvalue weighted by atomic mass is 16.6. The summed E-state index contributed by atoms with van der Waals surface area (Å²) in [4.78, 5) is 31.2. The van der Waals surface area contributed by atoms with Gasteiger partial charge in [-0.3, -0.25) is 9.59 Å². The van der Waals surface area contributed by atoms with Crippen LogP contribution in [0.1, 0.15) is 21.5 Å². The van der Waals surface area contributed by atoms with Gasteiger partial charge in [0.15, 0.2) is 11.5 Å². The highest BCUT2D eigenvalue weighted by Gasteiger charge is 2.20. The van der Waals surface area contributed by atoms with Crippen molar-refractivity contribution in [3.63, 3.8) is 0 Å². The molecule has 0 atom stereocenters. The molecule has 0 unspecified atom stereocenters. The van der Waals surface area contributed by atoms with Crippen LogP contribution in [0.5, 0.6) is 17.2 Å². The molecular weight excluding hydrogens is 444 g/mol. The van der Waals surface area contributed by atoms with E-state index in [1.165, 1.54) is 0 Å². The van der Waals surface area contributed by atoms with Gasteiger partial charge in [-0.1, -0.05) is 36.4 Å². The van der Waals surface area contributed by atoms with E-state index in [1.54, 1.807) is 42.3 Å². The Morgan fingerprint density at radius 2 is 1.74 bits per heavy atom. The van der Waals surface area contributed by atoms with Crippen molar-refractivity contribution in [2.45, 2.75) is 13.0 Å². The summed E-state index contributed by atoms with van der Waals surface area (Å²) in [5, 5.41) is 0.820. The van der Waals surface area contributed by atoms with Crippen LogP contribution in [-0.2, 0) is 13.0 Å². The normalized spacial score (nSPS) is 12.4. The Hall–Kier alpha value is -4.26. The summed E-state index contributed by atoms with van der Waals surface area (Å²) >= 11 is 0. The average molecular weight is 471 g/mol. The number of aromatic amines is 1. The molecule has 1 aliphatic heterocycles. The minimum absolute atomic E-state index is 0.165. The number of carbonyl (C=O) groups excluding carboxylic acids is 1. The lowest BCUT2D eigenvalue weighted by Gasteiger charge is -2.23. The average Bonchev–Trinajstić information content (AvgIpc) is 2.90. The van der Waals surface area contributed by atoms with Crippen molar-refractivity contribution < 1.29 is 19.0 Å². The summed E-state index contributed by atoms with van der Waals surface area (Å²) in [6, 6.07) is 22.5. The van der Waals surface area contributed by atoms with E-state index in [0.29, 0.717) is 60.1 Å². The van der Waals surface area contributed by atoms with Crippen LogP contribution in [0.3, 0.4) is 0 Å². The number of hydrogen-bond donors (Lipinski definition) is 1. The molecule has 7 heteroatoms. The molecule has 0 saturated carbocycles. The van der Waals surface area contributed by atoms with Crippen LogP contribution < -0.4 is 19.8 Å². The van der Waals surface area contributed by atoms with Crippen molar-refractivity contribution >= 4 is 16.8 Å². The SMILES string of the molecule is COc1cccc(C(=O)N(CCc2ccccc2)Cc2cc3cc4c(cc3[nH]c2=O)OCCO4)c1. The standard InChI is InChI=1S/C28H26N2O5/c1-33-23-9-5-8-20(15-23)28(32)30(11-10-19-6-3-2-4-7-19)18-22-14-21-16-25-26(35-13-12-34-25)17-24(21)29-27(22)31/h2-9,14-17H,10-13,18H2,1H3,(H,29,31). The maximum absolute atomic E-state index is 13.5. The number of rotatable bonds is 7. The van der Waals surface area contributed by atoms with E-state index in [9.17, 15) is 9.59 Å². The molecule has 0 spiro atoms. The molecule has 35 heavy (non-hydrogen) atoms. The molecule has 0 radical (unpaired) electrons. The number of amides is 1. The third-order valence-corrected chi connectivity index (χ3v) is 6.06. The number of pyridine rings is 1. The minimum Gasteiger partial charge on any atom is -0.497 e. The second-order valence-electron chi connectivity index (χ2n) is 8.40. The Labute approximate surface area is 202 Å². The zero-order valence-electron chi connectivity index (χ0n) is 19.5. The molecule has 1 N–H and O–H groups in total. The Kier molecular flexibility index (Phi) is 6.39. The van der Waals surface area contributed by atoms with Crippen molar-refractivity contribution in [2.75, 3.05) is 26.9 Å². The van der Waals surface area contributed by atoms with Gasteiger partial charge in [-0.2, -0.15) is 0 Å². The largest absolute Gasteiger partial charge is 0.497 e. The molecule has 0 aliphatic carbocycles. The van der Waals surface area contributed by atoms with Gasteiger partial charge >= 0.3 is 0 Å². The number of carbonyl (C=O) groups is 1. The van der Waals surface area contributed by atoms with Crippen molar-refractivity contribution in [3.8, 4) is 17.2 Å². The Morgan fingerprint density at radius 3 is 2.51 bits per heavy atom. The molecule has 7 nitrogen and oxygen atoms in total. The topological polar surface area (TPSA) is 80.9 Å². The lowest BCUT2D eigenvalue weighted by Crippen LogP contribution is -2.34. The summed E-state index contributed by atoms with van der Waals surface area (Å²) in [6.45, 7) is 1.59. The van der Waals surface area contributed by atoms with E-state index >= 15 is 0 Å². The van der Waals surface area contributed by atoms with Crippen molar-refractivity contribution in [1.29, 1.82) is 0 Å². The van der Waals surface area contributed by atoms with Crippen molar-refractivity contribution in [1.82, 2.24) is 9.88 Å². The lowest BCUT2D eigenvalue weighted by atomic mass is 10.1. The maximum Gasteiger partial charge on any atom is 0.254 e. The van der Waals surface area contributed by atoms with Crippen LogP contribution >= 0.6 is 0 Å². The van der Waals surface area contributed by atoms with Crippen molar-refractivity contribution in [2.24, 2.45) is 0 Å². The Balaban J connectivity index is 1.47. The molecule has 0 saturated heterocycles. The van der Waals surface area contributed by atoms with Gasteiger partial charge in [0.25, 0.3) is 11.5 Å². The highest BCUT2D eigenvalue weighted by Crippen LogP contribution is 2.33. The predicted molar refractivity (Wildman–Crippen MR) is 133 cm³/mol. The molecule has 5 rings (SSSR count). The number of aromatic nitrogens is 1. The van der Waals surface area contributed by atoms with Crippen molar-refractivity contribution in [3.05, 3.63) is 99.8 Å². The molecule has 1 amide bonds. The van der Waals surface area contributed by atoms with Gasteiger partial charge in [0, 0.05) is 29.1 Å². The van der Waals surface area contributed by atoms with Gasteiger partial charge in [0.05, 0.1) is 19.2 Å². The van der Waals surface area contributed by atoms with E-state index in [2.05, 4.69) is 4.98 Å². The van der Waals surface area contributed by atoms with Gasteiger partial charge in [-0.15, -0.1) is 0 Å². The number of nitrogens with zero attached hydrogens (tertiary/aromatic N) is 1. The number of fused-ring (bicyclic) bond motifs is 2. The number of H-pyrrole nitrogens is 1. The third kappa shape index (κ3) is 4.99. The highest BCUT2D eigenvalue weighted by molar-refractivity contribution is 5.94. The summed E-state index contributed by atoms with van der Waals surface area (Å²) in [7, 11) is 1.57. The number of nitrogens with one attached hydrogen (secondary N) is 1.